The number of aromatic nitrogens is 3. The standard InChI is InChI=1S/C25H26N6O3/c1-2-34-20-13-15(11-12-19(20)32)14-27-31-23(26)21(25(33)28-16-7-3-4-8-16)22-24(31)30-18-10-6-5-9-17(18)29-22/h5-6,9-14,16,32H,2-4,7-8,26H2,1H3,(H,28,33)/b27-14+. The topological polar surface area (TPSA) is 128 Å². The second kappa shape index (κ2) is 9.01. The molecule has 1 aliphatic carbocycles. The number of para-hydroxylation sites is 2. The van der Waals surface area contributed by atoms with Crippen molar-refractivity contribution in [2.45, 2.75) is 38.6 Å². The Bertz CT molecular complexity index is 1410. The molecule has 4 N–H and O–H groups in total. The molecule has 1 saturated carbocycles. The van der Waals surface area contributed by atoms with Crippen molar-refractivity contribution in [2.75, 3.05) is 12.3 Å². The van der Waals surface area contributed by atoms with E-state index in [1.807, 2.05) is 31.2 Å². The van der Waals surface area contributed by atoms with Crippen molar-refractivity contribution < 1.29 is 14.6 Å². The number of rotatable bonds is 6. The van der Waals surface area contributed by atoms with Crippen molar-refractivity contribution in [3.8, 4) is 11.5 Å². The average Bonchev–Trinajstić information content (AvgIpc) is 3.43. The zero-order valence-electron chi connectivity index (χ0n) is 18.9. The third-order valence-corrected chi connectivity index (χ3v) is 6.00. The minimum Gasteiger partial charge on any atom is -0.504 e. The van der Waals surface area contributed by atoms with Crippen LogP contribution < -0.4 is 15.8 Å². The molecule has 2 aromatic carbocycles. The maximum atomic E-state index is 13.2. The number of carbonyl (C=O) groups excluding carboxylic acids is 1. The van der Waals surface area contributed by atoms with E-state index in [1.54, 1.807) is 18.3 Å². The molecule has 5 rings (SSSR count). The first-order chi connectivity index (χ1) is 16.5. The lowest BCUT2D eigenvalue weighted by molar-refractivity contribution is 0.0940. The fourth-order valence-electron chi connectivity index (χ4n) is 4.32. The van der Waals surface area contributed by atoms with E-state index in [2.05, 4.69) is 10.4 Å². The van der Waals surface area contributed by atoms with Crippen LogP contribution in [-0.2, 0) is 0 Å². The lowest BCUT2D eigenvalue weighted by Crippen LogP contribution is -2.33. The van der Waals surface area contributed by atoms with Crippen LogP contribution >= 0.6 is 0 Å². The zero-order valence-corrected chi connectivity index (χ0v) is 18.9. The van der Waals surface area contributed by atoms with Crippen molar-refractivity contribution in [3.05, 3.63) is 53.6 Å². The summed E-state index contributed by atoms with van der Waals surface area (Å²) >= 11 is 0. The molecule has 1 aliphatic rings. The quantitative estimate of drug-likeness (QED) is 0.377. The van der Waals surface area contributed by atoms with Crippen LogP contribution in [0.15, 0.2) is 47.6 Å². The van der Waals surface area contributed by atoms with Crippen molar-refractivity contribution in [1.29, 1.82) is 0 Å². The van der Waals surface area contributed by atoms with Gasteiger partial charge in [0.05, 0.1) is 23.9 Å². The van der Waals surface area contributed by atoms with Crippen molar-refractivity contribution in [1.82, 2.24) is 20.0 Å². The largest absolute Gasteiger partial charge is 0.504 e. The number of hydrogen-bond donors (Lipinski definition) is 3. The summed E-state index contributed by atoms with van der Waals surface area (Å²) in [6.07, 6.45) is 5.70. The van der Waals surface area contributed by atoms with Gasteiger partial charge in [0.1, 0.15) is 16.9 Å². The molecule has 0 spiro atoms. The summed E-state index contributed by atoms with van der Waals surface area (Å²) in [6, 6.07) is 12.5. The maximum absolute atomic E-state index is 13.2. The van der Waals surface area contributed by atoms with Gasteiger partial charge >= 0.3 is 0 Å². The van der Waals surface area contributed by atoms with Gasteiger partial charge in [-0.2, -0.15) is 9.78 Å². The normalized spacial score (nSPS) is 14.4. The molecule has 4 aromatic rings. The summed E-state index contributed by atoms with van der Waals surface area (Å²) in [4.78, 5) is 22.7. The molecule has 0 unspecified atom stereocenters. The number of amides is 1. The second-order valence-electron chi connectivity index (χ2n) is 8.32. The minimum absolute atomic E-state index is 0.0492. The van der Waals surface area contributed by atoms with E-state index in [1.165, 1.54) is 10.7 Å². The van der Waals surface area contributed by atoms with Gasteiger partial charge in [0.2, 0.25) is 0 Å². The van der Waals surface area contributed by atoms with Crippen LogP contribution in [0.2, 0.25) is 0 Å². The number of benzene rings is 2. The summed E-state index contributed by atoms with van der Waals surface area (Å²) in [5.74, 6) is 0.310. The average molecular weight is 459 g/mol. The zero-order chi connectivity index (χ0) is 23.7. The number of phenols is 1. The molecule has 34 heavy (non-hydrogen) atoms. The fourth-order valence-corrected chi connectivity index (χ4v) is 4.32. The van der Waals surface area contributed by atoms with E-state index in [9.17, 15) is 9.90 Å². The second-order valence-corrected chi connectivity index (χ2v) is 8.32. The Labute approximate surface area is 196 Å². The first kappa shape index (κ1) is 21.7. The lowest BCUT2D eigenvalue weighted by atomic mass is 10.2. The molecule has 9 nitrogen and oxygen atoms in total. The molecule has 2 heterocycles. The minimum atomic E-state index is -0.267. The van der Waals surface area contributed by atoms with Crippen LogP contribution in [0, 0.1) is 0 Å². The Kier molecular flexibility index (Phi) is 5.75. The summed E-state index contributed by atoms with van der Waals surface area (Å²) in [5, 5.41) is 17.6. The van der Waals surface area contributed by atoms with E-state index in [0.717, 1.165) is 25.7 Å². The molecule has 0 saturated heterocycles. The first-order valence-electron chi connectivity index (χ1n) is 11.4. The van der Waals surface area contributed by atoms with Gasteiger partial charge in [0.15, 0.2) is 17.1 Å². The van der Waals surface area contributed by atoms with Crippen molar-refractivity contribution >= 4 is 40.1 Å². The summed E-state index contributed by atoms with van der Waals surface area (Å²) < 4.78 is 6.89. The van der Waals surface area contributed by atoms with E-state index in [-0.39, 0.29) is 29.1 Å². The molecule has 0 aliphatic heterocycles. The lowest BCUT2D eigenvalue weighted by Gasteiger charge is -2.11. The Hall–Kier alpha value is -4.14. The molecule has 1 amide bonds. The number of nitrogen functional groups attached to an aromatic ring is 1. The monoisotopic (exact) mass is 458 g/mol. The third kappa shape index (κ3) is 4.00. The Morgan fingerprint density at radius 2 is 1.97 bits per heavy atom. The number of phenolic OH excluding ortho intramolecular Hbond substituents is 1. The van der Waals surface area contributed by atoms with Gasteiger partial charge in [0, 0.05) is 6.04 Å². The fraction of sp³-hybridized carbons (Fsp3) is 0.280. The van der Waals surface area contributed by atoms with E-state index >= 15 is 0 Å². The summed E-state index contributed by atoms with van der Waals surface area (Å²) in [5.41, 5.74) is 9.58. The van der Waals surface area contributed by atoms with Crippen LogP contribution in [0.5, 0.6) is 11.5 Å². The van der Waals surface area contributed by atoms with Crippen LogP contribution in [0.4, 0.5) is 5.82 Å². The van der Waals surface area contributed by atoms with Gasteiger partial charge in [-0.15, -0.1) is 0 Å². The predicted octanol–water partition coefficient (Wildman–Crippen LogP) is 3.83. The molecule has 1 fully saturated rings. The van der Waals surface area contributed by atoms with Crippen molar-refractivity contribution in [2.24, 2.45) is 5.10 Å². The smallest absolute Gasteiger partial charge is 0.257 e. The van der Waals surface area contributed by atoms with Gasteiger partial charge in [-0.25, -0.2) is 9.97 Å². The summed E-state index contributed by atoms with van der Waals surface area (Å²) in [7, 11) is 0. The molecular formula is C25H26N6O3. The van der Waals surface area contributed by atoms with Gasteiger partial charge in [-0.05, 0) is 55.7 Å². The Balaban J connectivity index is 1.61. The number of carbonyl (C=O) groups is 1. The number of hydrogen-bond acceptors (Lipinski definition) is 7. The highest BCUT2D eigenvalue weighted by atomic mass is 16.5. The molecule has 9 heteroatoms. The highest BCUT2D eigenvalue weighted by Gasteiger charge is 2.26. The van der Waals surface area contributed by atoms with Gasteiger partial charge in [0.25, 0.3) is 5.91 Å². The SMILES string of the molecule is CCOc1cc(/C=N/n2c(N)c(C(=O)NC3CCCC3)c3nc4ccccc4nc32)ccc1O. The number of anilines is 1. The number of aromatic hydroxyl groups is 1. The van der Waals surface area contributed by atoms with Crippen LogP contribution in [-0.4, -0.2) is 44.5 Å². The first-order valence-corrected chi connectivity index (χ1v) is 11.4. The molecule has 174 valence electrons. The van der Waals surface area contributed by atoms with Crippen LogP contribution in [0.25, 0.3) is 22.2 Å². The third-order valence-electron chi connectivity index (χ3n) is 6.00. The molecule has 0 radical (unpaired) electrons. The highest BCUT2D eigenvalue weighted by molar-refractivity contribution is 6.10. The number of fused-ring (bicyclic) bond motifs is 2. The molecule has 0 bridgehead atoms. The van der Waals surface area contributed by atoms with E-state index in [4.69, 9.17) is 20.4 Å². The van der Waals surface area contributed by atoms with Crippen LogP contribution in [0.3, 0.4) is 0 Å². The predicted molar refractivity (Wildman–Crippen MR) is 131 cm³/mol. The number of nitrogens with zero attached hydrogens (tertiary/aromatic N) is 4. The highest BCUT2D eigenvalue weighted by Crippen LogP contribution is 2.29. The molecule has 2 aromatic heterocycles. The number of nitrogens with two attached hydrogens (primary N) is 1. The Morgan fingerprint density at radius 3 is 2.71 bits per heavy atom. The number of nitrogens with one attached hydrogen (secondary N) is 1. The van der Waals surface area contributed by atoms with E-state index < -0.39 is 0 Å². The number of ether oxygens (including phenoxy) is 1. The molecule has 0 atom stereocenters. The van der Waals surface area contributed by atoms with Gasteiger partial charge in [-0.3, -0.25) is 4.79 Å². The van der Waals surface area contributed by atoms with E-state index in [0.29, 0.717) is 40.1 Å². The maximum Gasteiger partial charge on any atom is 0.257 e. The van der Waals surface area contributed by atoms with Crippen molar-refractivity contribution in [3.63, 3.8) is 0 Å². The molecular weight excluding hydrogens is 432 g/mol. The Morgan fingerprint density at radius 1 is 1.24 bits per heavy atom. The summed E-state index contributed by atoms with van der Waals surface area (Å²) in [6.45, 7) is 2.26. The van der Waals surface area contributed by atoms with Gasteiger partial charge < -0.3 is 20.9 Å². The van der Waals surface area contributed by atoms with Gasteiger partial charge in [-0.1, -0.05) is 25.0 Å². The van der Waals surface area contributed by atoms with Crippen LogP contribution in [0.1, 0.15) is 48.5 Å².